The van der Waals surface area contributed by atoms with Crippen molar-refractivity contribution in [2.75, 3.05) is 22.5 Å². The van der Waals surface area contributed by atoms with Crippen molar-refractivity contribution in [3.63, 3.8) is 0 Å². The van der Waals surface area contributed by atoms with Crippen molar-refractivity contribution in [1.29, 1.82) is 0 Å². The summed E-state index contributed by atoms with van der Waals surface area (Å²) in [6.45, 7) is 4.79. The number of carbonyl (C=O) groups is 1. The number of piperidine rings is 1. The highest BCUT2D eigenvalue weighted by Gasteiger charge is 2.21. The number of benzene rings is 1. The zero-order chi connectivity index (χ0) is 13.1. The standard InChI is InChI=1S/C14H21N3O/c1-10-5-3-4-8-17(10)14-7-6-12(15)9-13(14)16-11(2)18/h6-7,9-10H,3-5,8,15H2,1-2H3,(H,16,18)/t10-/m1/s1. The molecule has 0 saturated carbocycles. The lowest BCUT2D eigenvalue weighted by atomic mass is 10.0. The van der Waals surface area contributed by atoms with Crippen LogP contribution in [0.5, 0.6) is 0 Å². The molecule has 18 heavy (non-hydrogen) atoms. The molecule has 1 amide bonds. The van der Waals surface area contributed by atoms with E-state index < -0.39 is 0 Å². The predicted octanol–water partition coefficient (Wildman–Crippen LogP) is 2.61. The van der Waals surface area contributed by atoms with Gasteiger partial charge in [-0.1, -0.05) is 0 Å². The minimum absolute atomic E-state index is 0.0634. The van der Waals surface area contributed by atoms with Crippen LogP contribution in [0.25, 0.3) is 0 Å². The molecule has 1 saturated heterocycles. The average Bonchev–Trinajstić information content (AvgIpc) is 2.30. The van der Waals surface area contributed by atoms with E-state index >= 15 is 0 Å². The van der Waals surface area contributed by atoms with Gasteiger partial charge in [-0.3, -0.25) is 4.79 Å². The molecule has 4 heteroatoms. The van der Waals surface area contributed by atoms with E-state index in [2.05, 4.69) is 17.1 Å². The van der Waals surface area contributed by atoms with Crippen LogP contribution in [0.15, 0.2) is 18.2 Å². The molecule has 0 bridgehead atoms. The zero-order valence-electron chi connectivity index (χ0n) is 11.1. The zero-order valence-corrected chi connectivity index (χ0v) is 11.1. The minimum atomic E-state index is -0.0634. The fourth-order valence-corrected chi connectivity index (χ4v) is 2.55. The topological polar surface area (TPSA) is 58.4 Å². The number of nitrogen functional groups attached to an aromatic ring is 1. The third kappa shape index (κ3) is 2.75. The van der Waals surface area contributed by atoms with Gasteiger partial charge in [-0.25, -0.2) is 0 Å². The Morgan fingerprint density at radius 3 is 2.89 bits per heavy atom. The molecule has 0 spiro atoms. The Bertz CT molecular complexity index is 445. The van der Waals surface area contributed by atoms with Crippen LogP contribution in [-0.2, 0) is 4.79 Å². The summed E-state index contributed by atoms with van der Waals surface area (Å²) in [7, 11) is 0. The SMILES string of the molecule is CC(=O)Nc1cc(N)ccc1N1CCCC[C@H]1C. The monoisotopic (exact) mass is 247 g/mol. The van der Waals surface area contributed by atoms with Gasteiger partial charge in [-0.15, -0.1) is 0 Å². The second-order valence-electron chi connectivity index (χ2n) is 5.00. The predicted molar refractivity (Wildman–Crippen MR) is 75.8 cm³/mol. The van der Waals surface area contributed by atoms with Gasteiger partial charge in [-0.05, 0) is 44.4 Å². The van der Waals surface area contributed by atoms with Gasteiger partial charge in [0.15, 0.2) is 0 Å². The summed E-state index contributed by atoms with van der Waals surface area (Å²) in [6.07, 6.45) is 3.68. The largest absolute Gasteiger partial charge is 0.399 e. The quantitative estimate of drug-likeness (QED) is 0.790. The normalized spacial score (nSPS) is 19.7. The molecule has 1 aliphatic rings. The first-order valence-electron chi connectivity index (χ1n) is 6.51. The average molecular weight is 247 g/mol. The molecule has 4 nitrogen and oxygen atoms in total. The number of nitrogens with one attached hydrogen (secondary N) is 1. The summed E-state index contributed by atoms with van der Waals surface area (Å²) in [5, 5.41) is 2.87. The molecule has 1 heterocycles. The Kier molecular flexibility index (Phi) is 3.75. The molecule has 0 aliphatic carbocycles. The lowest BCUT2D eigenvalue weighted by Crippen LogP contribution is -2.38. The van der Waals surface area contributed by atoms with Crippen molar-refractivity contribution >= 4 is 23.0 Å². The summed E-state index contributed by atoms with van der Waals surface area (Å²) < 4.78 is 0. The number of carbonyl (C=O) groups excluding carboxylic acids is 1. The fourth-order valence-electron chi connectivity index (χ4n) is 2.55. The van der Waals surface area contributed by atoms with E-state index in [4.69, 9.17) is 5.73 Å². The van der Waals surface area contributed by atoms with Gasteiger partial charge < -0.3 is 16.0 Å². The third-order valence-electron chi connectivity index (χ3n) is 3.44. The molecule has 1 aromatic rings. The van der Waals surface area contributed by atoms with Gasteiger partial charge >= 0.3 is 0 Å². The summed E-state index contributed by atoms with van der Waals surface area (Å²) in [4.78, 5) is 13.6. The van der Waals surface area contributed by atoms with E-state index in [9.17, 15) is 4.79 Å². The van der Waals surface area contributed by atoms with Gasteiger partial charge in [0, 0.05) is 25.2 Å². The van der Waals surface area contributed by atoms with E-state index in [0.29, 0.717) is 11.7 Å². The molecule has 0 aromatic heterocycles. The van der Waals surface area contributed by atoms with Crippen LogP contribution < -0.4 is 16.0 Å². The van der Waals surface area contributed by atoms with Crippen LogP contribution in [0.4, 0.5) is 17.1 Å². The van der Waals surface area contributed by atoms with Crippen LogP contribution in [0, 0.1) is 0 Å². The molecule has 0 radical (unpaired) electrons. The van der Waals surface area contributed by atoms with E-state index in [1.807, 2.05) is 18.2 Å². The van der Waals surface area contributed by atoms with Gasteiger partial charge in [0.2, 0.25) is 5.91 Å². The summed E-state index contributed by atoms with van der Waals surface area (Å²) >= 11 is 0. The first-order valence-corrected chi connectivity index (χ1v) is 6.51. The summed E-state index contributed by atoms with van der Waals surface area (Å²) in [5.74, 6) is -0.0634. The van der Waals surface area contributed by atoms with Crippen molar-refractivity contribution in [2.45, 2.75) is 39.2 Å². The highest BCUT2D eigenvalue weighted by Crippen LogP contribution is 2.32. The van der Waals surface area contributed by atoms with Crippen molar-refractivity contribution in [3.05, 3.63) is 18.2 Å². The van der Waals surface area contributed by atoms with Crippen molar-refractivity contribution in [3.8, 4) is 0 Å². The maximum atomic E-state index is 11.3. The van der Waals surface area contributed by atoms with Crippen LogP contribution in [0.1, 0.15) is 33.1 Å². The smallest absolute Gasteiger partial charge is 0.221 e. The van der Waals surface area contributed by atoms with Crippen molar-refractivity contribution in [1.82, 2.24) is 0 Å². The Morgan fingerprint density at radius 2 is 2.22 bits per heavy atom. The molecule has 1 aliphatic heterocycles. The fraction of sp³-hybridized carbons (Fsp3) is 0.500. The van der Waals surface area contributed by atoms with E-state index in [-0.39, 0.29) is 5.91 Å². The lowest BCUT2D eigenvalue weighted by Gasteiger charge is -2.36. The maximum absolute atomic E-state index is 11.3. The third-order valence-corrected chi connectivity index (χ3v) is 3.44. The van der Waals surface area contributed by atoms with E-state index in [0.717, 1.165) is 17.9 Å². The maximum Gasteiger partial charge on any atom is 0.221 e. The van der Waals surface area contributed by atoms with Crippen LogP contribution in [0.2, 0.25) is 0 Å². The number of hydrogen-bond acceptors (Lipinski definition) is 3. The molecule has 0 unspecified atom stereocenters. The Hall–Kier alpha value is -1.71. The number of nitrogens with zero attached hydrogens (tertiary/aromatic N) is 1. The van der Waals surface area contributed by atoms with E-state index in [1.165, 1.54) is 26.2 Å². The Morgan fingerprint density at radius 1 is 1.44 bits per heavy atom. The van der Waals surface area contributed by atoms with Crippen LogP contribution in [0.3, 0.4) is 0 Å². The first-order chi connectivity index (χ1) is 8.58. The van der Waals surface area contributed by atoms with Crippen LogP contribution in [-0.4, -0.2) is 18.5 Å². The summed E-state index contributed by atoms with van der Waals surface area (Å²) in [6, 6.07) is 6.23. The Balaban J connectivity index is 2.32. The number of hydrogen-bond donors (Lipinski definition) is 2. The second-order valence-corrected chi connectivity index (χ2v) is 5.00. The minimum Gasteiger partial charge on any atom is -0.399 e. The molecule has 3 N–H and O–H groups in total. The van der Waals surface area contributed by atoms with Gasteiger partial charge in [0.25, 0.3) is 0 Å². The number of amides is 1. The molecular formula is C14H21N3O. The molecule has 1 fully saturated rings. The molecule has 1 aromatic carbocycles. The number of anilines is 3. The van der Waals surface area contributed by atoms with Crippen LogP contribution >= 0.6 is 0 Å². The summed E-state index contributed by atoms with van der Waals surface area (Å²) in [5.41, 5.74) is 8.36. The van der Waals surface area contributed by atoms with Crippen molar-refractivity contribution < 1.29 is 4.79 Å². The van der Waals surface area contributed by atoms with Crippen molar-refractivity contribution in [2.24, 2.45) is 0 Å². The lowest BCUT2D eigenvalue weighted by molar-refractivity contribution is -0.114. The first kappa shape index (κ1) is 12.7. The molecule has 1 atom stereocenters. The van der Waals surface area contributed by atoms with Gasteiger partial charge in [0.05, 0.1) is 11.4 Å². The number of rotatable bonds is 2. The molecular weight excluding hydrogens is 226 g/mol. The highest BCUT2D eigenvalue weighted by molar-refractivity contribution is 5.93. The second kappa shape index (κ2) is 5.29. The number of nitrogens with two attached hydrogens (primary N) is 1. The van der Waals surface area contributed by atoms with Gasteiger partial charge in [-0.2, -0.15) is 0 Å². The van der Waals surface area contributed by atoms with E-state index in [1.54, 1.807) is 0 Å². The highest BCUT2D eigenvalue weighted by atomic mass is 16.1. The molecule has 98 valence electrons. The van der Waals surface area contributed by atoms with Gasteiger partial charge in [0.1, 0.15) is 0 Å². The Labute approximate surface area is 108 Å². The molecule has 2 rings (SSSR count).